The van der Waals surface area contributed by atoms with E-state index in [0.29, 0.717) is 6.04 Å². The summed E-state index contributed by atoms with van der Waals surface area (Å²) in [6.07, 6.45) is 1.14. The van der Waals surface area contributed by atoms with Crippen molar-refractivity contribution in [2.75, 3.05) is 0 Å². The van der Waals surface area contributed by atoms with Crippen molar-refractivity contribution in [2.45, 2.75) is 39.8 Å². The van der Waals surface area contributed by atoms with Crippen LogP contribution in [0.1, 0.15) is 31.7 Å². The molecule has 0 radical (unpaired) electrons. The molecule has 0 spiro atoms. The van der Waals surface area contributed by atoms with E-state index in [1.165, 1.54) is 0 Å². The van der Waals surface area contributed by atoms with Crippen LogP contribution in [-0.4, -0.2) is 11.2 Å². The Morgan fingerprint density at radius 1 is 1.67 bits per heavy atom. The summed E-state index contributed by atoms with van der Waals surface area (Å²) in [5.74, 6) is 0.871. The zero-order valence-electron chi connectivity index (χ0n) is 7.92. The van der Waals surface area contributed by atoms with Crippen LogP contribution >= 0.6 is 0 Å². The van der Waals surface area contributed by atoms with Crippen LogP contribution in [-0.2, 0) is 6.54 Å². The van der Waals surface area contributed by atoms with E-state index < -0.39 is 0 Å². The molecular weight excluding hydrogens is 152 g/mol. The lowest BCUT2D eigenvalue weighted by Gasteiger charge is -2.08. The summed E-state index contributed by atoms with van der Waals surface area (Å²) in [7, 11) is 0. The monoisotopic (exact) mass is 168 g/mol. The second-order valence-corrected chi connectivity index (χ2v) is 3.12. The van der Waals surface area contributed by atoms with Gasteiger partial charge >= 0.3 is 0 Å². The summed E-state index contributed by atoms with van der Waals surface area (Å²) in [5, 5.41) is 7.22. The van der Waals surface area contributed by atoms with Gasteiger partial charge in [-0.1, -0.05) is 12.1 Å². The molecule has 12 heavy (non-hydrogen) atoms. The quantitative estimate of drug-likeness (QED) is 0.745. The number of hydrogen-bond donors (Lipinski definition) is 1. The third kappa shape index (κ3) is 2.66. The molecule has 0 bridgehead atoms. The van der Waals surface area contributed by atoms with E-state index in [2.05, 4.69) is 24.3 Å². The van der Waals surface area contributed by atoms with Crippen molar-refractivity contribution in [2.24, 2.45) is 0 Å². The molecule has 1 N–H and O–H groups in total. The molecule has 1 rings (SSSR count). The first-order valence-corrected chi connectivity index (χ1v) is 4.38. The van der Waals surface area contributed by atoms with Crippen LogP contribution in [0.15, 0.2) is 10.6 Å². The van der Waals surface area contributed by atoms with Crippen molar-refractivity contribution < 1.29 is 4.52 Å². The van der Waals surface area contributed by atoms with Crippen molar-refractivity contribution >= 4 is 0 Å². The van der Waals surface area contributed by atoms with Gasteiger partial charge in [-0.2, -0.15) is 0 Å². The van der Waals surface area contributed by atoms with E-state index in [1.54, 1.807) is 0 Å². The molecule has 1 aromatic heterocycles. The molecule has 3 heteroatoms. The maximum atomic E-state index is 4.94. The summed E-state index contributed by atoms with van der Waals surface area (Å²) >= 11 is 0. The van der Waals surface area contributed by atoms with Crippen LogP contribution in [0.3, 0.4) is 0 Å². The van der Waals surface area contributed by atoms with Crippen LogP contribution in [0.2, 0.25) is 0 Å². The van der Waals surface area contributed by atoms with Gasteiger partial charge in [0.25, 0.3) is 0 Å². The van der Waals surface area contributed by atoms with Crippen LogP contribution in [0.5, 0.6) is 0 Å². The summed E-state index contributed by atoms with van der Waals surface area (Å²) in [4.78, 5) is 0. The Hall–Kier alpha value is -0.830. The van der Waals surface area contributed by atoms with E-state index >= 15 is 0 Å². The summed E-state index contributed by atoms with van der Waals surface area (Å²) in [6, 6.07) is 2.50. The van der Waals surface area contributed by atoms with Crippen molar-refractivity contribution in [3.8, 4) is 0 Å². The maximum Gasteiger partial charge on any atom is 0.133 e. The minimum absolute atomic E-state index is 0.544. The summed E-state index contributed by atoms with van der Waals surface area (Å²) in [5.41, 5.74) is 0.979. The Labute approximate surface area is 73.1 Å². The van der Waals surface area contributed by atoms with E-state index in [9.17, 15) is 0 Å². The molecule has 0 saturated carbocycles. The second kappa shape index (κ2) is 4.26. The number of rotatable bonds is 4. The highest BCUT2D eigenvalue weighted by molar-refractivity contribution is 5.02. The SMILES string of the molecule is CCC(C)NCc1cc(C)on1. The van der Waals surface area contributed by atoms with E-state index in [1.807, 2.05) is 13.0 Å². The van der Waals surface area contributed by atoms with Gasteiger partial charge in [0, 0.05) is 18.7 Å². The molecule has 0 aromatic carbocycles. The van der Waals surface area contributed by atoms with Gasteiger partial charge in [0.2, 0.25) is 0 Å². The highest BCUT2D eigenvalue weighted by Gasteiger charge is 2.01. The molecule has 0 aliphatic rings. The van der Waals surface area contributed by atoms with Gasteiger partial charge < -0.3 is 9.84 Å². The molecule has 0 saturated heterocycles. The number of aromatic nitrogens is 1. The maximum absolute atomic E-state index is 4.94. The van der Waals surface area contributed by atoms with Crippen molar-refractivity contribution in [3.63, 3.8) is 0 Å². The molecule has 68 valence electrons. The lowest BCUT2D eigenvalue weighted by molar-refractivity contribution is 0.385. The Kier molecular flexibility index (Phi) is 3.29. The summed E-state index contributed by atoms with van der Waals surface area (Å²) < 4.78 is 4.94. The molecule has 1 heterocycles. The predicted octanol–water partition coefficient (Wildman–Crippen LogP) is 1.87. The van der Waals surface area contributed by atoms with Crippen molar-refractivity contribution in [1.82, 2.24) is 10.5 Å². The number of nitrogens with one attached hydrogen (secondary N) is 1. The van der Waals surface area contributed by atoms with Gasteiger partial charge in [-0.25, -0.2) is 0 Å². The number of nitrogens with zero attached hydrogens (tertiary/aromatic N) is 1. The van der Waals surface area contributed by atoms with Crippen LogP contribution in [0.4, 0.5) is 0 Å². The Morgan fingerprint density at radius 3 is 2.92 bits per heavy atom. The third-order valence-electron chi connectivity index (χ3n) is 1.92. The van der Waals surface area contributed by atoms with Crippen LogP contribution in [0.25, 0.3) is 0 Å². The van der Waals surface area contributed by atoms with Crippen molar-refractivity contribution in [1.29, 1.82) is 0 Å². The largest absolute Gasteiger partial charge is 0.361 e. The molecule has 0 amide bonds. The van der Waals surface area contributed by atoms with E-state index in [-0.39, 0.29) is 0 Å². The van der Waals surface area contributed by atoms with Gasteiger partial charge in [0.15, 0.2) is 0 Å². The van der Waals surface area contributed by atoms with Gasteiger partial charge in [0.1, 0.15) is 5.76 Å². The van der Waals surface area contributed by atoms with Gasteiger partial charge in [-0.3, -0.25) is 0 Å². The minimum atomic E-state index is 0.544. The zero-order valence-corrected chi connectivity index (χ0v) is 7.92. The first-order chi connectivity index (χ1) is 5.72. The number of hydrogen-bond acceptors (Lipinski definition) is 3. The predicted molar refractivity (Wildman–Crippen MR) is 47.8 cm³/mol. The fourth-order valence-corrected chi connectivity index (χ4v) is 0.924. The fraction of sp³-hybridized carbons (Fsp3) is 0.667. The average molecular weight is 168 g/mol. The number of aryl methyl sites for hydroxylation is 1. The molecule has 0 aliphatic carbocycles. The normalized spacial score (nSPS) is 13.2. The lowest BCUT2D eigenvalue weighted by Crippen LogP contribution is -2.24. The Bertz CT molecular complexity index is 232. The second-order valence-electron chi connectivity index (χ2n) is 3.12. The smallest absolute Gasteiger partial charge is 0.133 e. The molecule has 1 aromatic rings. The first kappa shape index (κ1) is 9.26. The van der Waals surface area contributed by atoms with E-state index in [4.69, 9.17) is 4.52 Å². The van der Waals surface area contributed by atoms with Crippen molar-refractivity contribution in [3.05, 3.63) is 17.5 Å². The third-order valence-corrected chi connectivity index (χ3v) is 1.92. The molecular formula is C9H16N2O. The van der Waals surface area contributed by atoms with Gasteiger partial charge in [-0.15, -0.1) is 0 Å². The Morgan fingerprint density at radius 2 is 2.42 bits per heavy atom. The Balaban J connectivity index is 2.33. The minimum Gasteiger partial charge on any atom is -0.361 e. The topological polar surface area (TPSA) is 38.1 Å². The molecule has 1 unspecified atom stereocenters. The summed E-state index contributed by atoms with van der Waals surface area (Å²) in [6.45, 7) is 7.02. The van der Waals surface area contributed by atoms with Gasteiger partial charge in [-0.05, 0) is 20.3 Å². The highest BCUT2D eigenvalue weighted by atomic mass is 16.5. The molecule has 0 fully saturated rings. The molecule has 1 atom stereocenters. The highest BCUT2D eigenvalue weighted by Crippen LogP contribution is 2.01. The van der Waals surface area contributed by atoms with Gasteiger partial charge in [0.05, 0.1) is 5.69 Å². The lowest BCUT2D eigenvalue weighted by atomic mass is 10.2. The zero-order chi connectivity index (χ0) is 8.97. The molecule has 0 aliphatic heterocycles. The molecule has 3 nitrogen and oxygen atoms in total. The van der Waals surface area contributed by atoms with Crippen LogP contribution in [0, 0.1) is 6.92 Å². The first-order valence-electron chi connectivity index (χ1n) is 4.38. The van der Waals surface area contributed by atoms with E-state index in [0.717, 1.165) is 24.4 Å². The average Bonchev–Trinajstić information content (AvgIpc) is 2.47. The standard InChI is InChI=1S/C9H16N2O/c1-4-7(2)10-6-9-5-8(3)12-11-9/h5,7,10H,4,6H2,1-3H3. The fourth-order valence-electron chi connectivity index (χ4n) is 0.924. The van der Waals surface area contributed by atoms with Crippen LogP contribution < -0.4 is 5.32 Å².